The first kappa shape index (κ1) is 17.3. The summed E-state index contributed by atoms with van der Waals surface area (Å²) in [7, 11) is 0. The fraction of sp³-hybridized carbons (Fsp3) is 0.647. The van der Waals surface area contributed by atoms with Crippen LogP contribution in [0.3, 0.4) is 0 Å². The maximum absolute atomic E-state index is 13.5. The molecule has 1 saturated heterocycles. The summed E-state index contributed by atoms with van der Waals surface area (Å²) in [5.41, 5.74) is 0.712. The Bertz CT molecular complexity index is 450. The summed E-state index contributed by atoms with van der Waals surface area (Å²) in [6.07, 6.45) is 2.70. The number of hydrogen-bond acceptors (Lipinski definition) is 3. The van der Waals surface area contributed by atoms with Gasteiger partial charge in [0.15, 0.2) is 11.6 Å². The van der Waals surface area contributed by atoms with Gasteiger partial charge in [-0.3, -0.25) is 0 Å². The zero-order valence-corrected chi connectivity index (χ0v) is 13.1. The maximum Gasteiger partial charge on any atom is 0.159 e. The number of nitrogens with one attached hydrogen (secondary N) is 1. The number of rotatable bonds is 8. The van der Waals surface area contributed by atoms with Gasteiger partial charge in [-0.15, -0.1) is 0 Å². The van der Waals surface area contributed by atoms with Crippen molar-refractivity contribution in [2.75, 3.05) is 32.9 Å². The largest absolute Gasteiger partial charge is 0.382 e. The van der Waals surface area contributed by atoms with Crippen LogP contribution in [0.1, 0.15) is 37.9 Å². The fourth-order valence-electron chi connectivity index (χ4n) is 2.85. The molecule has 3 nitrogen and oxygen atoms in total. The molecule has 0 radical (unpaired) electrons. The van der Waals surface area contributed by atoms with Crippen molar-refractivity contribution in [2.45, 2.75) is 32.3 Å². The van der Waals surface area contributed by atoms with Gasteiger partial charge in [-0.1, -0.05) is 6.07 Å². The second kappa shape index (κ2) is 9.18. The van der Waals surface area contributed by atoms with E-state index in [0.29, 0.717) is 25.4 Å². The SMILES string of the molecule is CCOCCCOC(c1ccc(F)c(F)c1)[C@@H]1CCCNC1. The molecular weight excluding hydrogens is 288 g/mol. The average Bonchev–Trinajstić information content (AvgIpc) is 2.55. The molecule has 0 bridgehead atoms. The Hall–Kier alpha value is -1.04. The van der Waals surface area contributed by atoms with Crippen LogP contribution in [0.5, 0.6) is 0 Å². The van der Waals surface area contributed by atoms with E-state index in [1.807, 2.05) is 6.92 Å². The van der Waals surface area contributed by atoms with Gasteiger partial charge in [0.05, 0.1) is 6.10 Å². The molecule has 1 aliphatic rings. The third-order valence-corrected chi connectivity index (χ3v) is 3.97. The molecule has 2 atom stereocenters. The highest BCUT2D eigenvalue weighted by molar-refractivity contribution is 5.21. The molecular formula is C17H25F2NO2. The molecule has 0 amide bonds. The van der Waals surface area contributed by atoms with Gasteiger partial charge in [0.1, 0.15) is 0 Å². The topological polar surface area (TPSA) is 30.5 Å². The van der Waals surface area contributed by atoms with Crippen molar-refractivity contribution in [1.29, 1.82) is 0 Å². The first-order chi connectivity index (χ1) is 10.7. The van der Waals surface area contributed by atoms with Crippen LogP contribution in [0.15, 0.2) is 18.2 Å². The van der Waals surface area contributed by atoms with E-state index in [2.05, 4.69) is 5.32 Å². The van der Waals surface area contributed by atoms with E-state index in [1.54, 1.807) is 6.07 Å². The van der Waals surface area contributed by atoms with Gasteiger partial charge < -0.3 is 14.8 Å². The van der Waals surface area contributed by atoms with Crippen LogP contribution in [0.2, 0.25) is 0 Å². The standard InChI is InChI=1S/C17H25F2NO2/c1-2-21-9-4-10-22-17(14-5-3-8-20-12-14)13-6-7-15(18)16(19)11-13/h6-7,11,14,17,20H,2-5,8-10,12H2,1H3/t14-,17?/m1/s1. The van der Waals surface area contributed by atoms with E-state index in [1.165, 1.54) is 12.1 Å². The van der Waals surface area contributed by atoms with Crippen LogP contribution in [-0.4, -0.2) is 32.9 Å². The fourth-order valence-corrected chi connectivity index (χ4v) is 2.85. The van der Waals surface area contributed by atoms with Crippen molar-refractivity contribution < 1.29 is 18.3 Å². The molecule has 0 aliphatic carbocycles. The van der Waals surface area contributed by atoms with Gasteiger partial charge in [-0.2, -0.15) is 0 Å². The first-order valence-electron chi connectivity index (χ1n) is 8.07. The molecule has 5 heteroatoms. The molecule has 0 aromatic heterocycles. The van der Waals surface area contributed by atoms with Gasteiger partial charge in [-0.25, -0.2) is 8.78 Å². The summed E-state index contributed by atoms with van der Waals surface area (Å²) >= 11 is 0. The van der Waals surface area contributed by atoms with E-state index in [0.717, 1.165) is 32.4 Å². The quantitative estimate of drug-likeness (QED) is 0.746. The van der Waals surface area contributed by atoms with E-state index in [4.69, 9.17) is 9.47 Å². The van der Waals surface area contributed by atoms with Gasteiger partial charge in [-0.05, 0) is 50.4 Å². The number of halogens is 2. The summed E-state index contributed by atoms with van der Waals surface area (Å²) in [6.45, 7) is 5.71. The Balaban J connectivity index is 2.01. The monoisotopic (exact) mass is 313 g/mol. The summed E-state index contributed by atoms with van der Waals surface area (Å²) in [4.78, 5) is 0. The first-order valence-corrected chi connectivity index (χ1v) is 8.07. The maximum atomic E-state index is 13.5. The molecule has 2 rings (SSSR count). The molecule has 0 saturated carbocycles. The third kappa shape index (κ3) is 5.00. The van der Waals surface area contributed by atoms with Crippen molar-refractivity contribution in [3.05, 3.63) is 35.4 Å². The highest BCUT2D eigenvalue weighted by Crippen LogP contribution is 2.31. The van der Waals surface area contributed by atoms with Gasteiger partial charge in [0, 0.05) is 32.3 Å². The lowest BCUT2D eigenvalue weighted by Crippen LogP contribution is -2.34. The Morgan fingerprint density at radius 1 is 1.27 bits per heavy atom. The summed E-state index contributed by atoms with van der Waals surface area (Å²) in [5.74, 6) is -1.35. The smallest absolute Gasteiger partial charge is 0.159 e. The van der Waals surface area contributed by atoms with Crippen LogP contribution in [0.4, 0.5) is 8.78 Å². The lowest BCUT2D eigenvalue weighted by atomic mass is 9.89. The molecule has 1 fully saturated rings. The third-order valence-electron chi connectivity index (χ3n) is 3.97. The zero-order valence-electron chi connectivity index (χ0n) is 13.1. The molecule has 1 aromatic carbocycles. The van der Waals surface area contributed by atoms with Gasteiger partial charge in [0.2, 0.25) is 0 Å². The predicted molar refractivity (Wildman–Crippen MR) is 81.8 cm³/mol. The van der Waals surface area contributed by atoms with E-state index in [-0.39, 0.29) is 12.0 Å². The summed E-state index contributed by atoms with van der Waals surface area (Å²) in [5, 5.41) is 3.35. The normalized spacial score (nSPS) is 20.0. The lowest BCUT2D eigenvalue weighted by Gasteiger charge is -2.31. The molecule has 124 valence electrons. The summed E-state index contributed by atoms with van der Waals surface area (Å²) in [6, 6.07) is 4.06. The summed E-state index contributed by atoms with van der Waals surface area (Å²) < 4.78 is 38.0. The van der Waals surface area contributed by atoms with Crippen LogP contribution in [0.25, 0.3) is 0 Å². The molecule has 0 spiro atoms. The highest BCUT2D eigenvalue weighted by Gasteiger charge is 2.26. The molecule has 22 heavy (non-hydrogen) atoms. The van der Waals surface area contributed by atoms with Crippen LogP contribution < -0.4 is 5.32 Å². The van der Waals surface area contributed by atoms with E-state index < -0.39 is 11.6 Å². The second-order valence-corrected chi connectivity index (χ2v) is 5.62. The van der Waals surface area contributed by atoms with Crippen LogP contribution in [0, 0.1) is 17.6 Å². The Morgan fingerprint density at radius 2 is 2.14 bits per heavy atom. The molecule has 1 aromatic rings. The Morgan fingerprint density at radius 3 is 2.82 bits per heavy atom. The predicted octanol–water partition coefficient (Wildman–Crippen LogP) is 3.45. The van der Waals surface area contributed by atoms with Gasteiger partial charge in [0.25, 0.3) is 0 Å². The molecule has 1 heterocycles. The number of benzene rings is 1. The van der Waals surface area contributed by atoms with Gasteiger partial charge >= 0.3 is 0 Å². The highest BCUT2D eigenvalue weighted by atomic mass is 19.2. The van der Waals surface area contributed by atoms with Crippen LogP contribution >= 0.6 is 0 Å². The molecule has 1 N–H and O–H groups in total. The lowest BCUT2D eigenvalue weighted by molar-refractivity contribution is -0.00739. The van der Waals surface area contributed by atoms with E-state index >= 15 is 0 Å². The van der Waals surface area contributed by atoms with E-state index in [9.17, 15) is 8.78 Å². The molecule has 1 aliphatic heterocycles. The van der Waals surface area contributed by atoms with Crippen molar-refractivity contribution in [3.63, 3.8) is 0 Å². The van der Waals surface area contributed by atoms with Crippen molar-refractivity contribution in [3.8, 4) is 0 Å². The minimum atomic E-state index is -0.819. The average molecular weight is 313 g/mol. The minimum absolute atomic E-state index is 0.204. The zero-order chi connectivity index (χ0) is 15.8. The number of piperidine rings is 1. The van der Waals surface area contributed by atoms with Crippen molar-refractivity contribution >= 4 is 0 Å². The minimum Gasteiger partial charge on any atom is -0.382 e. The Labute approximate surface area is 131 Å². The molecule has 1 unspecified atom stereocenters. The van der Waals surface area contributed by atoms with Crippen LogP contribution in [-0.2, 0) is 9.47 Å². The Kier molecular flexibility index (Phi) is 7.22. The van der Waals surface area contributed by atoms with Crippen molar-refractivity contribution in [1.82, 2.24) is 5.32 Å². The number of ether oxygens (including phenoxy) is 2. The number of hydrogen-bond donors (Lipinski definition) is 1. The second-order valence-electron chi connectivity index (χ2n) is 5.62. The van der Waals surface area contributed by atoms with Crippen molar-refractivity contribution in [2.24, 2.45) is 5.92 Å².